The third-order valence-electron chi connectivity index (χ3n) is 5.41. The lowest BCUT2D eigenvalue weighted by Crippen LogP contribution is -2.45. The summed E-state index contributed by atoms with van der Waals surface area (Å²) in [6, 6.07) is 2.81. The Morgan fingerprint density at radius 1 is 0.839 bits per heavy atom. The maximum absolute atomic E-state index is 13.1. The molecule has 2 aromatic heterocycles. The second kappa shape index (κ2) is 6.89. The standard InChI is InChI=1S/C19H16Cl2N4O6/c1-22-14(26)11(15(27)23(2)18(22)29)10-8-5-7(20)6-9(21)13(8)31-17-12(10)16(28)24(3)19(30)25(17)4/h5-6,10,26H,1-4H3/p-1. The van der Waals surface area contributed by atoms with E-state index in [9.17, 15) is 24.3 Å². The summed E-state index contributed by atoms with van der Waals surface area (Å²) in [7, 11) is 5.08. The predicted molar refractivity (Wildman–Crippen MR) is 111 cm³/mol. The lowest BCUT2D eigenvalue weighted by Gasteiger charge is -2.32. The molecule has 1 aromatic carbocycles. The molecule has 0 spiro atoms. The third-order valence-corrected chi connectivity index (χ3v) is 5.91. The smallest absolute Gasteiger partial charge is 0.333 e. The van der Waals surface area contributed by atoms with Gasteiger partial charge in [0.2, 0.25) is 5.88 Å². The van der Waals surface area contributed by atoms with Crippen LogP contribution in [0.15, 0.2) is 31.3 Å². The van der Waals surface area contributed by atoms with Gasteiger partial charge in [-0.3, -0.25) is 23.3 Å². The number of halogens is 2. The van der Waals surface area contributed by atoms with Crippen molar-refractivity contribution in [2.24, 2.45) is 28.2 Å². The molecule has 31 heavy (non-hydrogen) atoms. The highest BCUT2D eigenvalue weighted by molar-refractivity contribution is 6.35. The Balaban J connectivity index is 2.28. The van der Waals surface area contributed by atoms with Crippen LogP contribution in [0.4, 0.5) is 0 Å². The van der Waals surface area contributed by atoms with E-state index in [1.807, 2.05) is 0 Å². The lowest BCUT2D eigenvalue weighted by molar-refractivity contribution is -0.281. The van der Waals surface area contributed by atoms with Crippen molar-refractivity contribution in [3.8, 4) is 17.5 Å². The minimum atomic E-state index is -1.28. The van der Waals surface area contributed by atoms with Crippen molar-refractivity contribution < 1.29 is 9.84 Å². The highest BCUT2D eigenvalue weighted by atomic mass is 35.5. The zero-order chi connectivity index (χ0) is 22.9. The molecular formula is C19H15Cl2N4O6-. The van der Waals surface area contributed by atoms with Gasteiger partial charge in [0.25, 0.3) is 11.1 Å². The van der Waals surface area contributed by atoms with Crippen LogP contribution in [0.5, 0.6) is 17.5 Å². The molecule has 0 saturated heterocycles. The van der Waals surface area contributed by atoms with Crippen molar-refractivity contribution in [1.29, 1.82) is 0 Å². The van der Waals surface area contributed by atoms with Gasteiger partial charge in [-0.2, -0.15) is 0 Å². The molecule has 3 heterocycles. The Labute approximate surface area is 183 Å². The Hall–Kier alpha value is -3.24. The summed E-state index contributed by atoms with van der Waals surface area (Å²) < 4.78 is 9.26. The van der Waals surface area contributed by atoms with Gasteiger partial charge in [0.05, 0.1) is 16.5 Å². The Kier molecular flexibility index (Phi) is 4.67. The monoisotopic (exact) mass is 465 g/mol. The van der Waals surface area contributed by atoms with Gasteiger partial charge in [0.15, 0.2) is 5.75 Å². The van der Waals surface area contributed by atoms with Crippen LogP contribution in [-0.2, 0) is 28.2 Å². The summed E-state index contributed by atoms with van der Waals surface area (Å²) in [4.78, 5) is 50.9. The van der Waals surface area contributed by atoms with Gasteiger partial charge in [0.1, 0.15) is 0 Å². The number of hydrogen-bond acceptors (Lipinski definition) is 6. The molecule has 0 aliphatic carbocycles. The summed E-state index contributed by atoms with van der Waals surface area (Å²) in [6.07, 6.45) is 0. The van der Waals surface area contributed by atoms with E-state index in [-0.39, 0.29) is 38.4 Å². The minimum Gasteiger partial charge on any atom is -0.860 e. The van der Waals surface area contributed by atoms with Crippen LogP contribution in [-0.4, -0.2) is 18.3 Å². The van der Waals surface area contributed by atoms with E-state index < -0.39 is 34.3 Å². The van der Waals surface area contributed by atoms with E-state index in [1.54, 1.807) is 0 Å². The largest absolute Gasteiger partial charge is 0.860 e. The number of ether oxygens (including phenoxy) is 1. The Morgan fingerprint density at radius 2 is 1.39 bits per heavy atom. The van der Waals surface area contributed by atoms with Gasteiger partial charge in [-0.1, -0.05) is 23.2 Å². The van der Waals surface area contributed by atoms with E-state index in [0.29, 0.717) is 0 Å². The lowest BCUT2D eigenvalue weighted by atomic mass is 9.84. The van der Waals surface area contributed by atoms with Crippen LogP contribution in [0.25, 0.3) is 0 Å². The molecule has 4 rings (SSSR count). The number of rotatable bonds is 1. The van der Waals surface area contributed by atoms with E-state index in [2.05, 4.69) is 0 Å². The van der Waals surface area contributed by atoms with Gasteiger partial charge in [0, 0.05) is 44.3 Å². The molecule has 0 N–H and O–H groups in total. The van der Waals surface area contributed by atoms with Crippen LogP contribution in [0, 0.1) is 0 Å². The average Bonchev–Trinajstić information content (AvgIpc) is 2.73. The van der Waals surface area contributed by atoms with Crippen LogP contribution in [0.2, 0.25) is 10.0 Å². The number of hydrogen-bond donors (Lipinski definition) is 0. The molecule has 10 nitrogen and oxygen atoms in total. The first-order valence-corrected chi connectivity index (χ1v) is 9.66. The molecule has 1 atom stereocenters. The van der Waals surface area contributed by atoms with Crippen LogP contribution >= 0.6 is 23.2 Å². The van der Waals surface area contributed by atoms with Crippen LogP contribution in [0.1, 0.15) is 22.6 Å². The molecule has 0 fully saturated rings. The van der Waals surface area contributed by atoms with Crippen LogP contribution < -0.4 is 32.3 Å². The molecule has 1 aliphatic heterocycles. The summed E-state index contributed by atoms with van der Waals surface area (Å²) in [5, 5.41) is 13.3. The Bertz CT molecular complexity index is 1500. The summed E-state index contributed by atoms with van der Waals surface area (Å²) in [5.74, 6) is -2.28. The van der Waals surface area contributed by atoms with Crippen molar-refractivity contribution in [2.45, 2.75) is 5.92 Å². The second-order valence-corrected chi connectivity index (χ2v) is 8.03. The first kappa shape index (κ1) is 21.0. The fourth-order valence-corrected chi connectivity index (χ4v) is 4.32. The van der Waals surface area contributed by atoms with Crippen molar-refractivity contribution >= 4 is 23.2 Å². The van der Waals surface area contributed by atoms with Gasteiger partial charge in [-0.15, -0.1) is 0 Å². The number of benzene rings is 1. The van der Waals surface area contributed by atoms with E-state index in [4.69, 9.17) is 27.9 Å². The summed E-state index contributed by atoms with van der Waals surface area (Å²) in [6.45, 7) is 0. The zero-order valence-corrected chi connectivity index (χ0v) is 18.2. The molecule has 0 bridgehead atoms. The molecular weight excluding hydrogens is 451 g/mol. The molecule has 3 aromatic rings. The van der Waals surface area contributed by atoms with Crippen molar-refractivity contribution in [3.63, 3.8) is 0 Å². The average molecular weight is 466 g/mol. The summed E-state index contributed by atoms with van der Waals surface area (Å²) in [5.41, 5.74) is -3.44. The minimum absolute atomic E-state index is 0.0436. The normalized spacial score (nSPS) is 14.7. The SMILES string of the molecule is Cn1c([O-])c(C2c3cc(Cl)cc(Cl)c3Oc3c2c(=O)n(C)c(=O)n3C)c(=O)n(C)c1=O. The topological polar surface area (TPSA) is 120 Å². The first-order chi connectivity index (χ1) is 14.5. The van der Waals surface area contributed by atoms with Crippen LogP contribution in [0.3, 0.4) is 0 Å². The van der Waals surface area contributed by atoms with Gasteiger partial charge in [-0.25, -0.2) is 9.59 Å². The fraction of sp³-hybridized carbons (Fsp3) is 0.263. The first-order valence-electron chi connectivity index (χ1n) is 8.91. The molecule has 0 radical (unpaired) electrons. The number of nitrogens with zero attached hydrogens (tertiary/aromatic N) is 4. The summed E-state index contributed by atoms with van der Waals surface area (Å²) >= 11 is 12.5. The van der Waals surface area contributed by atoms with E-state index in [0.717, 1.165) is 18.3 Å². The molecule has 0 saturated carbocycles. The zero-order valence-electron chi connectivity index (χ0n) is 16.7. The quantitative estimate of drug-likeness (QED) is 0.394. The van der Waals surface area contributed by atoms with E-state index in [1.165, 1.54) is 40.3 Å². The van der Waals surface area contributed by atoms with E-state index >= 15 is 0 Å². The second-order valence-electron chi connectivity index (χ2n) is 7.19. The van der Waals surface area contributed by atoms with Crippen molar-refractivity contribution in [1.82, 2.24) is 18.3 Å². The molecule has 12 heteroatoms. The number of fused-ring (bicyclic) bond motifs is 2. The maximum atomic E-state index is 13.1. The van der Waals surface area contributed by atoms with Crippen molar-refractivity contribution in [3.05, 3.63) is 80.5 Å². The Morgan fingerprint density at radius 3 is 2.00 bits per heavy atom. The van der Waals surface area contributed by atoms with Gasteiger partial charge < -0.3 is 14.4 Å². The van der Waals surface area contributed by atoms with Gasteiger partial charge >= 0.3 is 11.4 Å². The highest BCUT2D eigenvalue weighted by Crippen LogP contribution is 2.49. The maximum Gasteiger partial charge on any atom is 0.333 e. The van der Waals surface area contributed by atoms with Crippen molar-refractivity contribution in [2.75, 3.05) is 0 Å². The third kappa shape index (κ3) is 2.78. The highest BCUT2D eigenvalue weighted by Gasteiger charge is 2.38. The van der Waals surface area contributed by atoms with Gasteiger partial charge in [-0.05, 0) is 18.0 Å². The molecule has 0 amide bonds. The number of aromatic nitrogens is 4. The molecule has 162 valence electrons. The molecule has 1 unspecified atom stereocenters. The molecule has 1 aliphatic rings. The fourth-order valence-electron chi connectivity index (χ4n) is 3.77. The predicted octanol–water partition coefficient (Wildman–Crippen LogP) is 0.148.